The molecule has 0 saturated carbocycles. The highest BCUT2D eigenvalue weighted by atomic mass is 32.2. The van der Waals surface area contributed by atoms with Crippen LogP contribution in [0.5, 0.6) is 5.75 Å². The monoisotopic (exact) mass is 638 g/mol. The van der Waals surface area contributed by atoms with E-state index in [0.29, 0.717) is 31.9 Å². The Kier molecular flexibility index (Phi) is 12.5. The third-order valence-electron chi connectivity index (χ3n) is 7.51. The Hall–Kier alpha value is -2.55. The fraction of sp³-hybridized carbons (Fsp3) is 0.567. The minimum Gasteiger partial charge on any atom is -0.497 e. The van der Waals surface area contributed by atoms with E-state index in [9.17, 15) is 26.7 Å². The summed E-state index contributed by atoms with van der Waals surface area (Å²) in [5.41, 5.74) is 0.831. The Morgan fingerprint density at radius 2 is 1.56 bits per heavy atom. The van der Waals surface area contributed by atoms with Gasteiger partial charge in [-0.3, -0.25) is 4.79 Å². The molecule has 1 saturated heterocycles. The smallest absolute Gasteiger partial charge is 0.243 e. The zero-order valence-corrected chi connectivity index (χ0v) is 27.4. The molecule has 13 heteroatoms. The first-order valence-electron chi connectivity index (χ1n) is 14.6. The second-order valence-corrected chi connectivity index (χ2v) is 15.6. The van der Waals surface area contributed by atoms with Crippen LogP contribution < -0.4 is 10.1 Å². The number of hydrogen-bond acceptors (Lipinski definition) is 8. The number of nitrogens with zero attached hydrogens (tertiary/aromatic N) is 3. The molecule has 1 aliphatic heterocycles. The van der Waals surface area contributed by atoms with Crippen LogP contribution in [-0.4, -0.2) is 113 Å². The van der Waals surface area contributed by atoms with Crippen molar-refractivity contribution in [1.82, 2.24) is 18.8 Å². The largest absolute Gasteiger partial charge is 0.497 e. The lowest BCUT2D eigenvalue weighted by Gasteiger charge is -2.33. The summed E-state index contributed by atoms with van der Waals surface area (Å²) in [5.74, 6) is -1.29. The van der Waals surface area contributed by atoms with E-state index in [1.54, 1.807) is 19.1 Å². The van der Waals surface area contributed by atoms with Crippen molar-refractivity contribution in [3.8, 4) is 5.75 Å². The van der Waals surface area contributed by atoms with E-state index in [4.69, 9.17) is 4.74 Å². The number of carbonyl (C=O) groups excluding carboxylic acids is 1. The third-order valence-corrected chi connectivity index (χ3v) is 11.4. The van der Waals surface area contributed by atoms with Gasteiger partial charge >= 0.3 is 0 Å². The molecule has 1 amide bonds. The number of piperazine rings is 1. The van der Waals surface area contributed by atoms with E-state index in [2.05, 4.69) is 10.2 Å². The first-order valence-corrected chi connectivity index (χ1v) is 17.6. The number of amides is 1. The van der Waals surface area contributed by atoms with Gasteiger partial charge in [0.1, 0.15) is 5.75 Å². The van der Waals surface area contributed by atoms with Crippen LogP contribution in [0.25, 0.3) is 0 Å². The van der Waals surface area contributed by atoms with Crippen molar-refractivity contribution in [3.63, 3.8) is 0 Å². The summed E-state index contributed by atoms with van der Waals surface area (Å²) in [6.07, 6.45) is -1.05. The summed E-state index contributed by atoms with van der Waals surface area (Å²) in [6.45, 7) is 7.19. The molecule has 3 unspecified atom stereocenters. The lowest BCUT2D eigenvalue weighted by molar-refractivity contribution is -0.125. The van der Waals surface area contributed by atoms with Gasteiger partial charge in [0.05, 0.1) is 35.8 Å². The van der Waals surface area contributed by atoms with Gasteiger partial charge in [0.2, 0.25) is 26.0 Å². The summed E-state index contributed by atoms with van der Waals surface area (Å²) in [6, 6.07) is 14.4. The van der Waals surface area contributed by atoms with Crippen LogP contribution >= 0.6 is 0 Å². The van der Waals surface area contributed by atoms with Gasteiger partial charge in [-0.1, -0.05) is 51.1 Å². The number of hydrogen-bond donors (Lipinski definition) is 2. The van der Waals surface area contributed by atoms with E-state index in [1.165, 1.54) is 27.9 Å². The summed E-state index contributed by atoms with van der Waals surface area (Å²) in [7, 11) is -4.23. The van der Waals surface area contributed by atoms with Crippen LogP contribution in [0.1, 0.15) is 26.3 Å². The van der Waals surface area contributed by atoms with E-state index in [1.807, 2.05) is 51.2 Å². The number of benzene rings is 2. The lowest BCUT2D eigenvalue weighted by atomic mass is 10.00. The van der Waals surface area contributed by atoms with Crippen molar-refractivity contribution in [2.75, 3.05) is 59.2 Å². The first kappa shape index (κ1) is 34.9. The predicted octanol–water partition coefficient (Wildman–Crippen LogP) is 1.64. The minimum atomic E-state index is -3.99. The highest BCUT2D eigenvalue weighted by Crippen LogP contribution is 2.22. The summed E-state index contributed by atoms with van der Waals surface area (Å²) >= 11 is 0. The lowest BCUT2D eigenvalue weighted by Crippen LogP contribution is -2.53. The molecule has 0 aromatic heterocycles. The number of aliphatic hydroxyl groups is 1. The van der Waals surface area contributed by atoms with Crippen LogP contribution in [0.15, 0.2) is 59.5 Å². The maximum atomic E-state index is 13.7. The molecule has 1 aliphatic rings. The first-order chi connectivity index (χ1) is 20.2. The Morgan fingerprint density at radius 3 is 2.12 bits per heavy atom. The van der Waals surface area contributed by atoms with Crippen LogP contribution in [0.4, 0.5) is 0 Å². The van der Waals surface area contributed by atoms with Crippen molar-refractivity contribution in [2.24, 2.45) is 11.8 Å². The Balaban J connectivity index is 1.80. The number of likely N-dealkylation sites (N-methyl/N-ethyl adjacent to an activating group) is 1. The van der Waals surface area contributed by atoms with E-state index in [-0.39, 0.29) is 36.1 Å². The van der Waals surface area contributed by atoms with E-state index >= 15 is 0 Å². The fourth-order valence-electron chi connectivity index (χ4n) is 4.95. The van der Waals surface area contributed by atoms with E-state index < -0.39 is 44.0 Å². The molecule has 1 fully saturated rings. The van der Waals surface area contributed by atoms with Crippen LogP contribution in [-0.2, 0) is 31.3 Å². The minimum absolute atomic E-state index is 0.0396. The summed E-state index contributed by atoms with van der Waals surface area (Å²) in [4.78, 5) is 15.5. The molecule has 0 aliphatic carbocycles. The van der Waals surface area contributed by atoms with Gasteiger partial charge in [-0.2, -0.15) is 8.61 Å². The molecular weight excluding hydrogens is 592 g/mol. The molecule has 3 rings (SSSR count). The van der Waals surface area contributed by atoms with Gasteiger partial charge in [0, 0.05) is 39.3 Å². The molecule has 1 heterocycles. The molecule has 0 radical (unpaired) electrons. The standard InChI is InChI=1S/C30H46N4O7S2/c1-23(2)20-34(43(39,40)27-13-11-26(41-5)12-14-27)21-29(35)28(19-25-9-7-6-8-10-25)31-30(36)24(3)22-42(37,38)33-17-15-32(4)16-18-33/h6-14,23-24,28-29,35H,15-22H2,1-5H3,(H,31,36). The maximum Gasteiger partial charge on any atom is 0.243 e. The molecule has 2 aromatic carbocycles. The van der Waals surface area contributed by atoms with Gasteiger partial charge in [0.15, 0.2) is 0 Å². The molecule has 3 atom stereocenters. The zero-order chi connectivity index (χ0) is 31.8. The highest BCUT2D eigenvalue weighted by molar-refractivity contribution is 7.89. The Bertz CT molecular complexity index is 1380. The average Bonchev–Trinajstić information content (AvgIpc) is 2.96. The van der Waals surface area contributed by atoms with Gasteiger partial charge in [-0.15, -0.1) is 0 Å². The quantitative estimate of drug-likeness (QED) is 0.301. The topological polar surface area (TPSA) is 137 Å². The predicted molar refractivity (Wildman–Crippen MR) is 167 cm³/mol. The van der Waals surface area contributed by atoms with Gasteiger partial charge < -0.3 is 20.1 Å². The number of aliphatic hydroxyl groups excluding tert-OH is 1. The number of ether oxygens (including phenoxy) is 1. The normalized spacial score (nSPS) is 17.5. The molecule has 2 N–H and O–H groups in total. The van der Waals surface area contributed by atoms with Crippen molar-refractivity contribution < 1.29 is 31.5 Å². The Labute approximate surface area is 256 Å². The third kappa shape index (κ3) is 9.98. The SMILES string of the molecule is COc1ccc(S(=O)(=O)N(CC(C)C)CC(O)C(Cc2ccccc2)NC(=O)C(C)CS(=O)(=O)N2CCN(C)CC2)cc1. The van der Waals surface area contributed by atoms with Crippen LogP contribution in [0.3, 0.4) is 0 Å². The van der Waals surface area contributed by atoms with Gasteiger partial charge in [-0.25, -0.2) is 16.8 Å². The fourth-order valence-corrected chi connectivity index (χ4v) is 8.29. The number of rotatable bonds is 15. The van der Waals surface area contributed by atoms with Gasteiger partial charge in [0.25, 0.3) is 0 Å². The Morgan fingerprint density at radius 1 is 0.953 bits per heavy atom. The van der Waals surface area contributed by atoms with E-state index in [0.717, 1.165) is 5.56 Å². The molecule has 2 aromatic rings. The zero-order valence-electron chi connectivity index (χ0n) is 25.7. The second kappa shape index (κ2) is 15.4. The molecule has 0 bridgehead atoms. The molecule has 11 nitrogen and oxygen atoms in total. The molecule has 0 spiro atoms. The highest BCUT2D eigenvalue weighted by Gasteiger charge is 2.34. The molecule has 43 heavy (non-hydrogen) atoms. The second-order valence-electron chi connectivity index (χ2n) is 11.6. The molecule has 240 valence electrons. The van der Waals surface area contributed by atoms with Gasteiger partial charge in [-0.05, 0) is 49.2 Å². The van der Waals surface area contributed by atoms with Crippen molar-refractivity contribution >= 4 is 26.0 Å². The number of methoxy groups -OCH3 is 1. The average molecular weight is 639 g/mol. The van der Waals surface area contributed by atoms with Crippen molar-refractivity contribution in [3.05, 3.63) is 60.2 Å². The summed E-state index contributed by atoms with van der Waals surface area (Å²) < 4.78 is 61.2. The number of carbonyl (C=O) groups is 1. The number of nitrogens with one attached hydrogen (secondary N) is 1. The molecular formula is C30H46N4O7S2. The number of sulfonamides is 2. The summed E-state index contributed by atoms with van der Waals surface area (Å²) in [5, 5.41) is 14.3. The maximum absolute atomic E-state index is 13.7. The van der Waals surface area contributed by atoms with Crippen molar-refractivity contribution in [2.45, 2.75) is 44.2 Å². The van der Waals surface area contributed by atoms with Crippen LogP contribution in [0.2, 0.25) is 0 Å². The van der Waals surface area contributed by atoms with Crippen molar-refractivity contribution in [1.29, 1.82) is 0 Å². The van der Waals surface area contributed by atoms with Crippen LogP contribution in [0, 0.1) is 11.8 Å².